The molecule has 0 aliphatic rings. The Balaban J connectivity index is 1.74. The zero-order valence-corrected chi connectivity index (χ0v) is 17.0. The van der Waals surface area contributed by atoms with Crippen LogP contribution in [0.4, 0.5) is 14.5 Å². The lowest BCUT2D eigenvalue weighted by Crippen LogP contribution is -2.37. The van der Waals surface area contributed by atoms with Gasteiger partial charge in [0.15, 0.2) is 11.7 Å². The Bertz CT molecular complexity index is 1030. The molecule has 1 heterocycles. The van der Waals surface area contributed by atoms with Crippen LogP contribution in [0.2, 0.25) is 0 Å². The van der Waals surface area contributed by atoms with E-state index in [1.807, 2.05) is 45.9 Å². The molecule has 0 bridgehead atoms. The molecule has 0 fully saturated rings. The number of aryl methyl sites for hydroxylation is 3. The molecule has 3 rings (SSSR count). The molecular weight excluding hydrogens is 374 g/mol. The van der Waals surface area contributed by atoms with E-state index in [1.54, 1.807) is 4.90 Å². The largest absolute Gasteiger partial charge is 0.441 e. The molecule has 1 amide bonds. The highest BCUT2D eigenvalue weighted by Crippen LogP contribution is 2.26. The molecule has 0 aliphatic heterocycles. The van der Waals surface area contributed by atoms with Crippen LogP contribution in [0.15, 0.2) is 47.0 Å². The van der Waals surface area contributed by atoms with Gasteiger partial charge < -0.3 is 9.32 Å². The average Bonchev–Trinajstić information content (AvgIpc) is 3.11. The number of hydrogen-bond donors (Lipinski definition) is 0. The van der Waals surface area contributed by atoms with E-state index in [2.05, 4.69) is 4.98 Å². The quantitative estimate of drug-likeness (QED) is 0.542. The van der Waals surface area contributed by atoms with Crippen LogP contribution in [0.5, 0.6) is 0 Å². The van der Waals surface area contributed by atoms with E-state index in [9.17, 15) is 13.6 Å². The average molecular weight is 398 g/mol. The van der Waals surface area contributed by atoms with E-state index in [4.69, 9.17) is 4.42 Å². The maximum absolute atomic E-state index is 13.9. The number of benzene rings is 2. The van der Waals surface area contributed by atoms with Crippen molar-refractivity contribution in [3.05, 3.63) is 71.2 Å². The molecule has 0 saturated heterocycles. The van der Waals surface area contributed by atoms with Gasteiger partial charge in [0.05, 0.1) is 11.8 Å². The van der Waals surface area contributed by atoms with Gasteiger partial charge in [-0.25, -0.2) is 13.8 Å². The van der Waals surface area contributed by atoms with Crippen LogP contribution in [-0.4, -0.2) is 16.9 Å². The van der Waals surface area contributed by atoms with Crippen molar-refractivity contribution in [3.8, 4) is 11.3 Å². The topological polar surface area (TPSA) is 46.3 Å². The van der Waals surface area contributed by atoms with Crippen molar-refractivity contribution in [3.63, 3.8) is 0 Å². The molecule has 1 aromatic heterocycles. The van der Waals surface area contributed by atoms with Crippen molar-refractivity contribution in [2.24, 2.45) is 0 Å². The number of anilines is 1. The van der Waals surface area contributed by atoms with Crippen LogP contribution in [0.3, 0.4) is 0 Å². The Labute approximate surface area is 169 Å². The van der Waals surface area contributed by atoms with Gasteiger partial charge in [-0.05, 0) is 57.0 Å². The Kier molecular flexibility index (Phi) is 6.11. The molecule has 3 aromatic rings. The first-order valence-electron chi connectivity index (χ1n) is 9.55. The molecule has 0 unspecified atom stereocenters. The summed E-state index contributed by atoms with van der Waals surface area (Å²) in [5.41, 5.74) is 3.15. The normalized spacial score (nSPS) is 11.1. The highest BCUT2D eigenvalue weighted by atomic mass is 19.1. The van der Waals surface area contributed by atoms with E-state index < -0.39 is 11.6 Å². The fourth-order valence-electron chi connectivity index (χ4n) is 3.25. The predicted octanol–water partition coefficient (Wildman–Crippen LogP) is 5.61. The maximum Gasteiger partial charge on any atom is 0.227 e. The van der Waals surface area contributed by atoms with E-state index in [0.29, 0.717) is 5.89 Å². The first-order chi connectivity index (χ1) is 13.8. The van der Waals surface area contributed by atoms with Crippen molar-refractivity contribution in [1.82, 2.24) is 4.98 Å². The van der Waals surface area contributed by atoms with Gasteiger partial charge >= 0.3 is 0 Å². The smallest absolute Gasteiger partial charge is 0.227 e. The molecule has 0 radical (unpaired) electrons. The minimum Gasteiger partial charge on any atom is -0.441 e. The molecule has 0 aliphatic carbocycles. The van der Waals surface area contributed by atoms with Gasteiger partial charge in [-0.3, -0.25) is 4.79 Å². The van der Waals surface area contributed by atoms with E-state index >= 15 is 0 Å². The van der Waals surface area contributed by atoms with Gasteiger partial charge in [0.1, 0.15) is 11.6 Å². The second-order valence-electron chi connectivity index (χ2n) is 7.39. The fourth-order valence-corrected chi connectivity index (χ4v) is 3.25. The summed E-state index contributed by atoms with van der Waals surface area (Å²) in [4.78, 5) is 18.9. The number of hydrogen-bond acceptors (Lipinski definition) is 3. The zero-order valence-electron chi connectivity index (χ0n) is 17.0. The number of aromatic nitrogens is 1. The summed E-state index contributed by atoms with van der Waals surface area (Å²) in [5.74, 6) is -0.871. The zero-order chi connectivity index (χ0) is 21.1. The van der Waals surface area contributed by atoms with Gasteiger partial charge in [0.2, 0.25) is 5.91 Å². The van der Waals surface area contributed by atoms with Crippen LogP contribution < -0.4 is 4.90 Å². The summed E-state index contributed by atoms with van der Waals surface area (Å²) in [6, 6.07) is 9.29. The first-order valence-corrected chi connectivity index (χ1v) is 9.55. The van der Waals surface area contributed by atoms with Gasteiger partial charge in [-0.15, -0.1) is 0 Å². The van der Waals surface area contributed by atoms with Crippen LogP contribution in [0.1, 0.15) is 37.3 Å². The lowest BCUT2D eigenvalue weighted by atomic mass is 10.1. The van der Waals surface area contributed by atoms with Crippen LogP contribution in [0.25, 0.3) is 11.3 Å². The first kappa shape index (κ1) is 20.7. The van der Waals surface area contributed by atoms with Gasteiger partial charge in [0.25, 0.3) is 0 Å². The molecule has 29 heavy (non-hydrogen) atoms. The molecule has 0 atom stereocenters. The minimum atomic E-state index is -0.718. The summed E-state index contributed by atoms with van der Waals surface area (Å²) < 4.78 is 32.6. The molecule has 0 spiro atoms. The number of amides is 1. The minimum absolute atomic E-state index is 0.00330. The highest BCUT2D eigenvalue weighted by molar-refractivity contribution is 5.94. The number of halogens is 2. The molecule has 4 nitrogen and oxygen atoms in total. The SMILES string of the molecule is Cc1ccc(C)c(N(C(=O)CCc2ncc(-c3ccc(F)cc3F)o2)C(C)C)c1. The third kappa shape index (κ3) is 4.70. The summed E-state index contributed by atoms with van der Waals surface area (Å²) in [7, 11) is 0. The van der Waals surface area contributed by atoms with Gasteiger partial charge in [-0.1, -0.05) is 12.1 Å². The summed E-state index contributed by atoms with van der Waals surface area (Å²) >= 11 is 0. The standard InChI is InChI=1S/C23H24F2N2O2/c1-14(2)27(20-11-15(3)5-6-16(20)4)23(28)10-9-22-26-13-21(29-22)18-8-7-17(24)12-19(18)25/h5-8,11-14H,9-10H2,1-4H3. The number of oxazole rings is 1. The Morgan fingerprint density at radius 1 is 1.14 bits per heavy atom. The van der Waals surface area contributed by atoms with Crippen LogP contribution in [-0.2, 0) is 11.2 Å². The number of carbonyl (C=O) groups is 1. The predicted molar refractivity (Wildman–Crippen MR) is 109 cm³/mol. The van der Waals surface area contributed by atoms with E-state index in [-0.39, 0.29) is 36.1 Å². The fraction of sp³-hybridized carbons (Fsp3) is 0.304. The second-order valence-corrected chi connectivity index (χ2v) is 7.39. The number of carbonyl (C=O) groups excluding carboxylic acids is 1. The second kappa shape index (κ2) is 8.55. The molecule has 0 saturated carbocycles. The summed E-state index contributed by atoms with van der Waals surface area (Å²) in [5, 5.41) is 0. The third-order valence-corrected chi connectivity index (χ3v) is 4.71. The molecule has 6 heteroatoms. The van der Waals surface area contributed by atoms with Gasteiger partial charge in [0, 0.05) is 30.6 Å². The Hall–Kier alpha value is -3.02. The van der Waals surface area contributed by atoms with Crippen molar-refractivity contribution >= 4 is 11.6 Å². The summed E-state index contributed by atoms with van der Waals surface area (Å²) in [6.07, 6.45) is 1.88. The van der Waals surface area contributed by atoms with Crippen LogP contribution >= 0.6 is 0 Å². The van der Waals surface area contributed by atoms with Crippen molar-refractivity contribution < 1.29 is 18.0 Å². The van der Waals surface area contributed by atoms with Crippen molar-refractivity contribution in [2.75, 3.05) is 4.90 Å². The third-order valence-electron chi connectivity index (χ3n) is 4.71. The lowest BCUT2D eigenvalue weighted by molar-refractivity contribution is -0.119. The molecule has 0 N–H and O–H groups in total. The highest BCUT2D eigenvalue weighted by Gasteiger charge is 2.21. The van der Waals surface area contributed by atoms with E-state index in [1.165, 1.54) is 12.3 Å². The Morgan fingerprint density at radius 2 is 1.90 bits per heavy atom. The summed E-state index contributed by atoms with van der Waals surface area (Å²) in [6.45, 7) is 7.92. The van der Waals surface area contributed by atoms with Crippen molar-refractivity contribution in [1.29, 1.82) is 0 Å². The van der Waals surface area contributed by atoms with Gasteiger partial charge in [-0.2, -0.15) is 0 Å². The molecular formula is C23H24F2N2O2. The Morgan fingerprint density at radius 3 is 2.59 bits per heavy atom. The maximum atomic E-state index is 13.9. The molecule has 152 valence electrons. The van der Waals surface area contributed by atoms with Crippen LogP contribution in [0, 0.1) is 25.5 Å². The lowest BCUT2D eigenvalue weighted by Gasteiger charge is -2.28. The number of nitrogens with zero attached hydrogens (tertiary/aromatic N) is 2. The molecule has 2 aromatic carbocycles. The van der Waals surface area contributed by atoms with E-state index in [0.717, 1.165) is 28.9 Å². The number of rotatable bonds is 6. The monoisotopic (exact) mass is 398 g/mol. The van der Waals surface area contributed by atoms with Crippen molar-refractivity contribution in [2.45, 2.75) is 46.6 Å².